The van der Waals surface area contributed by atoms with Gasteiger partial charge in [-0.2, -0.15) is 0 Å². The largest absolute Gasteiger partial charge is 0.343 e. The summed E-state index contributed by atoms with van der Waals surface area (Å²) >= 11 is 0. The Morgan fingerprint density at radius 3 is 2.66 bits per heavy atom. The third kappa shape index (κ3) is 4.59. The fourth-order valence-electron chi connectivity index (χ4n) is 4.54. The fraction of sp³-hybridized carbons (Fsp3) is 0.103. The summed E-state index contributed by atoms with van der Waals surface area (Å²) in [4.78, 5) is 4.75. The van der Waals surface area contributed by atoms with E-state index in [1.54, 1.807) is 11.0 Å². The number of nitrogens with zero attached hydrogens (tertiary/aromatic N) is 6. The van der Waals surface area contributed by atoms with E-state index in [2.05, 4.69) is 105 Å². The molecule has 0 unspecified atom stereocenters. The molecule has 0 aliphatic carbocycles. The maximum Gasteiger partial charge on any atom is 0.138 e. The minimum absolute atomic E-state index is 0.750. The molecular formula is C29H24N6. The summed E-state index contributed by atoms with van der Waals surface area (Å²) in [5.41, 5.74) is 6.94. The van der Waals surface area contributed by atoms with Crippen LogP contribution in [0.3, 0.4) is 0 Å². The van der Waals surface area contributed by atoms with Crippen LogP contribution in [-0.4, -0.2) is 29.8 Å². The van der Waals surface area contributed by atoms with Gasteiger partial charge in [0.25, 0.3) is 0 Å². The molecule has 35 heavy (non-hydrogen) atoms. The van der Waals surface area contributed by atoms with Crippen molar-refractivity contribution in [2.75, 3.05) is 0 Å². The van der Waals surface area contributed by atoms with E-state index in [9.17, 15) is 0 Å². The number of para-hydroxylation sites is 2. The second-order valence-electron chi connectivity index (χ2n) is 8.63. The standard InChI is InChI=1S/C29H24N6/c1-2-10-28-24(7-1)12-14-27(31-28)13-11-22-5-3-6-23(19-22)20-34-17-15-25-8-4-9-26(29(25)34)16-18-35-21-30-32-33-35/h1-15,17,19,21H,16,18,20H2/b13-11+. The van der Waals surface area contributed by atoms with Crippen LogP contribution in [0.1, 0.15) is 22.4 Å². The maximum atomic E-state index is 4.75. The van der Waals surface area contributed by atoms with Gasteiger partial charge in [-0.1, -0.05) is 66.7 Å². The average molecular weight is 457 g/mol. The van der Waals surface area contributed by atoms with E-state index < -0.39 is 0 Å². The van der Waals surface area contributed by atoms with E-state index in [4.69, 9.17) is 4.98 Å². The van der Waals surface area contributed by atoms with Gasteiger partial charge >= 0.3 is 0 Å². The number of aryl methyl sites for hydroxylation is 2. The molecule has 3 aromatic carbocycles. The lowest BCUT2D eigenvalue weighted by Crippen LogP contribution is -2.05. The van der Waals surface area contributed by atoms with Crippen LogP contribution in [-0.2, 0) is 19.5 Å². The number of hydrogen-bond acceptors (Lipinski definition) is 4. The molecule has 0 fully saturated rings. The van der Waals surface area contributed by atoms with E-state index in [0.29, 0.717) is 0 Å². The van der Waals surface area contributed by atoms with E-state index in [1.165, 1.54) is 22.0 Å². The zero-order valence-electron chi connectivity index (χ0n) is 19.2. The lowest BCUT2D eigenvalue weighted by atomic mass is 10.1. The first-order valence-corrected chi connectivity index (χ1v) is 11.7. The van der Waals surface area contributed by atoms with Gasteiger partial charge in [-0.25, -0.2) is 9.67 Å². The molecular weight excluding hydrogens is 432 g/mol. The van der Waals surface area contributed by atoms with E-state index in [-0.39, 0.29) is 0 Å². The summed E-state index contributed by atoms with van der Waals surface area (Å²) in [6.45, 7) is 1.56. The van der Waals surface area contributed by atoms with Crippen LogP contribution in [0.25, 0.3) is 34.0 Å². The Morgan fingerprint density at radius 2 is 1.71 bits per heavy atom. The highest BCUT2D eigenvalue weighted by atomic mass is 15.5. The minimum Gasteiger partial charge on any atom is -0.343 e. The molecule has 0 saturated carbocycles. The molecule has 6 nitrogen and oxygen atoms in total. The highest BCUT2D eigenvalue weighted by Gasteiger charge is 2.08. The second kappa shape index (κ2) is 9.35. The van der Waals surface area contributed by atoms with Crippen molar-refractivity contribution in [1.29, 1.82) is 0 Å². The quantitative estimate of drug-likeness (QED) is 0.312. The Hall–Kier alpha value is -4.58. The van der Waals surface area contributed by atoms with Crippen LogP contribution in [0.15, 0.2) is 97.5 Å². The van der Waals surface area contributed by atoms with Crippen LogP contribution in [0.2, 0.25) is 0 Å². The van der Waals surface area contributed by atoms with Gasteiger partial charge in [-0.3, -0.25) is 0 Å². The molecule has 0 aliphatic heterocycles. The highest BCUT2D eigenvalue weighted by Crippen LogP contribution is 2.23. The number of hydrogen-bond donors (Lipinski definition) is 0. The molecule has 6 rings (SSSR count). The third-order valence-corrected chi connectivity index (χ3v) is 6.24. The summed E-state index contributed by atoms with van der Waals surface area (Å²) in [7, 11) is 0. The lowest BCUT2D eigenvalue weighted by molar-refractivity contribution is 0.589. The first-order valence-electron chi connectivity index (χ1n) is 11.7. The topological polar surface area (TPSA) is 61.4 Å². The van der Waals surface area contributed by atoms with Crippen LogP contribution < -0.4 is 0 Å². The maximum absolute atomic E-state index is 4.75. The summed E-state index contributed by atoms with van der Waals surface area (Å²) < 4.78 is 4.10. The first kappa shape index (κ1) is 21.0. The Kier molecular flexibility index (Phi) is 5.60. The van der Waals surface area contributed by atoms with Gasteiger partial charge in [0.2, 0.25) is 0 Å². The van der Waals surface area contributed by atoms with Crippen LogP contribution in [0.4, 0.5) is 0 Å². The molecule has 0 spiro atoms. The molecule has 0 radical (unpaired) electrons. The number of pyridine rings is 1. The SMILES string of the molecule is C(=C\c1ccc2ccccc2n1)/c1cccc(Cn2ccc3cccc(CCn4cnnn4)c32)c1. The van der Waals surface area contributed by atoms with Crippen molar-refractivity contribution in [1.82, 2.24) is 29.8 Å². The normalized spacial score (nSPS) is 11.7. The number of benzene rings is 3. The van der Waals surface area contributed by atoms with E-state index >= 15 is 0 Å². The Balaban J connectivity index is 1.23. The van der Waals surface area contributed by atoms with Crippen molar-refractivity contribution in [3.63, 3.8) is 0 Å². The van der Waals surface area contributed by atoms with Gasteiger partial charge < -0.3 is 4.57 Å². The van der Waals surface area contributed by atoms with Crippen LogP contribution in [0.5, 0.6) is 0 Å². The predicted octanol–water partition coefficient (Wildman–Crippen LogP) is 5.64. The van der Waals surface area contributed by atoms with Crippen LogP contribution in [0, 0.1) is 0 Å². The van der Waals surface area contributed by atoms with Crippen LogP contribution >= 0.6 is 0 Å². The van der Waals surface area contributed by atoms with Crippen molar-refractivity contribution >= 4 is 34.0 Å². The van der Waals surface area contributed by atoms with E-state index in [1.807, 2.05) is 18.2 Å². The molecule has 0 amide bonds. The van der Waals surface area contributed by atoms with Crippen molar-refractivity contribution in [2.45, 2.75) is 19.5 Å². The molecule has 3 aromatic heterocycles. The van der Waals surface area contributed by atoms with Gasteiger partial charge in [-0.05, 0) is 69.3 Å². The van der Waals surface area contributed by atoms with Gasteiger partial charge in [0, 0.05) is 24.7 Å². The molecule has 0 aliphatic rings. The van der Waals surface area contributed by atoms with Crippen molar-refractivity contribution in [3.8, 4) is 0 Å². The van der Waals surface area contributed by atoms with Gasteiger partial charge in [-0.15, -0.1) is 5.10 Å². The molecule has 170 valence electrons. The highest BCUT2D eigenvalue weighted by molar-refractivity contribution is 5.84. The smallest absolute Gasteiger partial charge is 0.138 e. The van der Waals surface area contributed by atoms with Gasteiger partial charge in [0.1, 0.15) is 6.33 Å². The fourth-order valence-corrected chi connectivity index (χ4v) is 4.54. The monoisotopic (exact) mass is 456 g/mol. The summed E-state index contributed by atoms with van der Waals surface area (Å²) in [5, 5.41) is 13.9. The molecule has 3 heterocycles. The van der Waals surface area contributed by atoms with Crippen molar-refractivity contribution < 1.29 is 0 Å². The first-order chi connectivity index (χ1) is 17.3. The molecule has 0 N–H and O–H groups in total. The third-order valence-electron chi connectivity index (χ3n) is 6.24. The Bertz CT molecular complexity index is 1630. The summed E-state index contributed by atoms with van der Waals surface area (Å²) in [6, 6.07) is 29.7. The lowest BCUT2D eigenvalue weighted by Gasteiger charge is -2.11. The Morgan fingerprint density at radius 1 is 0.800 bits per heavy atom. The zero-order valence-corrected chi connectivity index (χ0v) is 19.2. The summed E-state index contributed by atoms with van der Waals surface area (Å²) in [5.74, 6) is 0. The van der Waals surface area contributed by atoms with Crippen molar-refractivity contribution in [3.05, 3.63) is 120 Å². The number of aromatic nitrogens is 6. The molecule has 6 aromatic rings. The van der Waals surface area contributed by atoms with E-state index in [0.717, 1.165) is 41.7 Å². The number of rotatable bonds is 7. The molecule has 0 atom stereocenters. The molecule has 0 bridgehead atoms. The van der Waals surface area contributed by atoms with Crippen molar-refractivity contribution in [2.24, 2.45) is 0 Å². The minimum atomic E-state index is 0.750. The molecule has 0 saturated heterocycles. The zero-order chi connectivity index (χ0) is 23.5. The van der Waals surface area contributed by atoms with Gasteiger partial charge in [0.15, 0.2) is 0 Å². The van der Waals surface area contributed by atoms with Gasteiger partial charge in [0.05, 0.1) is 16.7 Å². The summed E-state index contributed by atoms with van der Waals surface area (Å²) in [6.07, 6.45) is 8.91. The molecule has 6 heteroatoms. The second-order valence-corrected chi connectivity index (χ2v) is 8.63. The number of tetrazole rings is 1. The Labute approximate surface area is 203 Å². The predicted molar refractivity (Wildman–Crippen MR) is 140 cm³/mol. The number of fused-ring (bicyclic) bond motifs is 2. The average Bonchev–Trinajstić information content (AvgIpc) is 3.57.